The lowest BCUT2D eigenvalue weighted by Gasteiger charge is -2.31. The first-order valence-electron chi connectivity index (χ1n) is 5.62. The molecule has 2 aromatic rings. The maximum absolute atomic E-state index is 13.8. The standard InChI is InChI=1S/C12H13F2N3O2/c1-8(18)12(19,5-17-7-15-6-16-17)10-3-2-9(13)4-11(10)14/h2-4,6-8,18-19H,5H2,1H3/t8-,12-/m1/s1. The predicted octanol–water partition coefficient (Wildman–Crippen LogP) is 0.825. The van der Waals surface area contributed by atoms with Gasteiger partial charge in [0.15, 0.2) is 0 Å². The van der Waals surface area contributed by atoms with Crippen LogP contribution in [0.1, 0.15) is 12.5 Å². The van der Waals surface area contributed by atoms with Crippen molar-refractivity contribution in [3.63, 3.8) is 0 Å². The first-order chi connectivity index (χ1) is 8.93. The Hall–Kier alpha value is -1.86. The van der Waals surface area contributed by atoms with Crippen molar-refractivity contribution in [2.24, 2.45) is 0 Å². The fraction of sp³-hybridized carbons (Fsp3) is 0.333. The Bertz CT molecular complexity index is 560. The first-order valence-corrected chi connectivity index (χ1v) is 5.62. The second-order valence-corrected chi connectivity index (χ2v) is 4.32. The molecule has 1 aromatic carbocycles. The molecule has 2 atom stereocenters. The molecule has 19 heavy (non-hydrogen) atoms. The molecule has 2 rings (SSSR count). The van der Waals surface area contributed by atoms with Crippen molar-refractivity contribution in [2.75, 3.05) is 0 Å². The number of aliphatic hydroxyl groups excluding tert-OH is 1. The van der Waals surface area contributed by atoms with Gasteiger partial charge in [-0.25, -0.2) is 18.4 Å². The van der Waals surface area contributed by atoms with Crippen molar-refractivity contribution in [3.8, 4) is 0 Å². The molecule has 0 amide bonds. The SMILES string of the molecule is C[C@@H](O)[C@](O)(Cn1cncn1)c1ccc(F)cc1F. The van der Waals surface area contributed by atoms with Gasteiger partial charge in [0.2, 0.25) is 0 Å². The molecule has 102 valence electrons. The van der Waals surface area contributed by atoms with E-state index in [1.165, 1.54) is 24.3 Å². The van der Waals surface area contributed by atoms with Crippen LogP contribution in [0.15, 0.2) is 30.9 Å². The van der Waals surface area contributed by atoms with Gasteiger partial charge >= 0.3 is 0 Å². The van der Waals surface area contributed by atoms with E-state index in [0.29, 0.717) is 6.07 Å². The van der Waals surface area contributed by atoms with Gasteiger partial charge in [0, 0.05) is 11.6 Å². The van der Waals surface area contributed by atoms with Crippen molar-refractivity contribution < 1.29 is 19.0 Å². The highest BCUT2D eigenvalue weighted by molar-refractivity contribution is 5.26. The van der Waals surface area contributed by atoms with E-state index in [-0.39, 0.29) is 12.1 Å². The summed E-state index contributed by atoms with van der Waals surface area (Å²) in [6.45, 7) is 1.12. The third kappa shape index (κ3) is 2.61. The fourth-order valence-corrected chi connectivity index (χ4v) is 1.84. The number of aromatic nitrogens is 3. The molecule has 1 heterocycles. The fourth-order valence-electron chi connectivity index (χ4n) is 1.84. The molecule has 0 fully saturated rings. The lowest BCUT2D eigenvalue weighted by atomic mass is 9.88. The van der Waals surface area contributed by atoms with E-state index >= 15 is 0 Å². The Kier molecular flexibility index (Phi) is 3.59. The monoisotopic (exact) mass is 269 g/mol. The largest absolute Gasteiger partial charge is 0.390 e. The minimum atomic E-state index is -1.93. The Morgan fingerprint density at radius 1 is 1.42 bits per heavy atom. The zero-order valence-corrected chi connectivity index (χ0v) is 10.2. The molecule has 5 nitrogen and oxygen atoms in total. The quantitative estimate of drug-likeness (QED) is 0.862. The van der Waals surface area contributed by atoms with Crippen LogP contribution in [-0.4, -0.2) is 31.1 Å². The molecule has 0 bridgehead atoms. The van der Waals surface area contributed by atoms with Crippen LogP contribution in [0.3, 0.4) is 0 Å². The van der Waals surface area contributed by atoms with Gasteiger partial charge in [-0.2, -0.15) is 5.10 Å². The normalized spacial score (nSPS) is 16.1. The summed E-state index contributed by atoms with van der Waals surface area (Å²) in [5.41, 5.74) is -2.12. The van der Waals surface area contributed by atoms with Crippen LogP contribution in [0.2, 0.25) is 0 Å². The van der Waals surface area contributed by atoms with Crippen molar-refractivity contribution >= 4 is 0 Å². The average Bonchev–Trinajstić information content (AvgIpc) is 2.81. The summed E-state index contributed by atoms with van der Waals surface area (Å²) >= 11 is 0. The third-order valence-corrected chi connectivity index (χ3v) is 2.96. The molecule has 2 N–H and O–H groups in total. The summed E-state index contributed by atoms with van der Waals surface area (Å²) in [5.74, 6) is -1.68. The number of halogens is 2. The third-order valence-electron chi connectivity index (χ3n) is 2.96. The highest BCUT2D eigenvalue weighted by Gasteiger charge is 2.38. The van der Waals surface area contributed by atoms with Crippen molar-refractivity contribution in [3.05, 3.63) is 48.1 Å². The molecule has 0 spiro atoms. The van der Waals surface area contributed by atoms with E-state index in [4.69, 9.17) is 0 Å². The van der Waals surface area contributed by atoms with E-state index in [0.717, 1.165) is 12.1 Å². The van der Waals surface area contributed by atoms with Crippen molar-refractivity contribution in [1.29, 1.82) is 0 Å². The molecule has 0 saturated carbocycles. The van der Waals surface area contributed by atoms with Crippen LogP contribution in [-0.2, 0) is 12.1 Å². The molecular weight excluding hydrogens is 256 g/mol. The van der Waals surface area contributed by atoms with Gasteiger partial charge in [0.25, 0.3) is 0 Å². The molecule has 7 heteroatoms. The Morgan fingerprint density at radius 3 is 2.68 bits per heavy atom. The van der Waals surface area contributed by atoms with E-state index in [9.17, 15) is 19.0 Å². The van der Waals surface area contributed by atoms with Gasteiger partial charge in [-0.15, -0.1) is 0 Å². The van der Waals surface area contributed by atoms with Gasteiger partial charge in [-0.05, 0) is 13.0 Å². The van der Waals surface area contributed by atoms with Crippen LogP contribution in [0, 0.1) is 11.6 Å². The lowest BCUT2D eigenvalue weighted by Crippen LogP contribution is -2.42. The molecule has 0 aliphatic carbocycles. The molecule has 1 aromatic heterocycles. The van der Waals surface area contributed by atoms with Gasteiger partial charge < -0.3 is 10.2 Å². The highest BCUT2D eigenvalue weighted by atomic mass is 19.1. The minimum absolute atomic E-state index is 0.195. The number of aliphatic hydroxyl groups is 2. The van der Waals surface area contributed by atoms with E-state index in [1.54, 1.807) is 0 Å². The average molecular weight is 269 g/mol. The van der Waals surface area contributed by atoms with Gasteiger partial charge in [-0.3, -0.25) is 0 Å². The van der Waals surface area contributed by atoms with Crippen LogP contribution < -0.4 is 0 Å². The predicted molar refractivity (Wildman–Crippen MR) is 62.0 cm³/mol. The van der Waals surface area contributed by atoms with Crippen molar-refractivity contribution in [1.82, 2.24) is 14.8 Å². The number of rotatable bonds is 4. The van der Waals surface area contributed by atoms with Crippen LogP contribution in [0.5, 0.6) is 0 Å². The summed E-state index contributed by atoms with van der Waals surface area (Å²) < 4.78 is 27.9. The Labute approximate surface area is 108 Å². The van der Waals surface area contributed by atoms with Gasteiger partial charge in [0.1, 0.15) is 29.9 Å². The van der Waals surface area contributed by atoms with Gasteiger partial charge in [-0.1, -0.05) is 6.07 Å². The highest BCUT2D eigenvalue weighted by Crippen LogP contribution is 2.29. The number of nitrogens with zero attached hydrogens (tertiary/aromatic N) is 3. The van der Waals surface area contributed by atoms with Crippen LogP contribution in [0.4, 0.5) is 8.78 Å². The smallest absolute Gasteiger partial charge is 0.137 e. The molecule has 0 radical (unpaired) electrons. The first kappa shape index (κ1) is 13.6. The molecule has 0 saturated heterocycles. The number of hydrogen-bond donors (Lipinski definition) is 2. The Morgan fingerprint density at radius 2 is 2.16 bits per heavy atom. The molecular formula is C12H13F2N3O2. The van der Waals surface area contributed by atoms with Gasteiger partial charge in [0.05, 0.1) is 12.6 Å². The van der Waals surface area contributed by atoms with Crippen LogP contribution >= 0.6 is 0 Å². The summed E-state index contributed by atoms with van der Waals surface area (Å²) in [6.07, 6.45) is 1.30. The summed E-state index contributed by atoms with van der Waals surface area (Å²) in [4.78, 5) is 3.70. The number of hydrogen-bond acceptors (Lipinski definition) is 4. The van der Waals surface area contributed by atoms with Crippen molar-refractivity contribution in [2.45, 2.75) is 25.2 Å². The van der Waals surface area contributed by atoms with Crippen LogP contribution in [0.25, 0.3) is 0 Å². The maximum atomic E-state index is 13.8. The molecule has 0 aliphatic heterocycles. The summed E-state index contributed by atoms with van der Waals surface area (Å²) in [7, 11) is 0. The second-order valence-electron chi connectivity index (χ2n) is 4.32. The zero-order chi connectivity index (χ0) is 14.0. The number of benzene rings is 1. The van der Waals surface area contributed by atoms with E-state index in [2.05, 4.69) is 10.1 Å². The zero-order valence-electron chi connectivity index (χ0n) is 10.2. The topological polar surface area (TPSA) is 71.2 Å². The maximum Gasteiger partial charge on any atom is 0.137 e. The lowest BCUT2D eigenvalue weighted by molar-refractivity contribution is -0.0874. The second kappa shape index (κ2) is 5.02. The summed E-state index contributed by atoms with van der Waals surface area (Å²) in [6, 6.07) is 2.78. The van der Waals surface area contributed by atoms with E-state index < -0.39 is 23.3 Å². The molecule has 0 aliphatic rings. The molecule has 0 unspecified atom stereocenters. The Balaban J connectivity index is 2.43. The summed E-state index contributed by atoms with van der Waals surface area (Å²) in [5, 5.41) is 24.0. The minimum Gasteiger partial charge on any atom is -0.390 e. The van der Waals surface area contributed by atoms with E-state index in [1.807, 2.05) is 0 Å².